The monoisotopic (exact) mass is 212 g/mol. The molecule has 1 heterocycles. The molecule has 0 spiro atoms. The van der Waals surface area contributed by atoms with Crippen LogP contribution in [-0.4, -0.2) is 22.9 Å². The van der Waals surface area contributed by atoms with Crippen LogP contribution in [0.3, 0.4) is 0 Å². The minimum absolute atomic E-state index is 0.222. The van der Waals surface area contributed by atoms with E-state index in [1.165, 1.54) is 25.7 Å². The van der Waals surface area contributed by atoms with Crippen molar-refractivity contribution in [3.05, 3.63) is 0 Å². The van der Waals surface area contributed by atoms with Crippen molar-refractivity contribution in [1.29, 1.82) is 0 Å². The summed E-state index contributed by atoms with van der Waals surface area (Å²) in [5.41, 5.74) is -0.438. The van der Waals surface area contributed by atoms with Crippen molar-refractivity contribution in [1.82, 2.24) is 0 Å². The molecule has 2 rings (SSSR count). The Balaban J connectivity index is 1.92. The molecule has 2 atom stereocenters. The van der Waals surface area contributed by atoms with Crippen molar-refractivity contribution in [2.45, 2.75) is 76.6 Å². The van der Waals surface area contributed by atoms with Crippen LogP contribution in [-0.2, 0) is 4.74 Å². The molecule has 1 aliphatic carbocycles. The zero-order valence-electron chi connectivity index (χ0n) is 10.0. The largest absolute Gasteiger partial charge is 0.390 e. The summed E-state index contributed by atoms with van der Waals surface area (Å²) < 4.78 is 5.69. The lowest BCUT2D eigenvalue weighted by molar-refractivity contribution is -0.139. The quantitative estimate of drug-likeness (QED) is 0.762. The first-order valence-corrected chi connectivity index (χ1v) is 6.45. The van der Waals surface area contributed by atoms with Crippen LogP contribution >= 0.6 is 0 Å². The van der Waals surface area contributed by atoms with Crippen molar-refractivity contribution < 1.29 is 9.84 Å². The molecular weight excluding hydrogens is 188 g/mol. The van der Waals surface area contributed by atoms with E-state index in [-0.39, 0.29) is 12.2 Å². The fourth-order valence-electron chi connectivity index (χ4n) is 3.56. The highest BCUT2D eigenvalue weighted by atomic mass is 16.5. The molecule has 2 aliphatic rings. The molecule has 2 fully saturated rings. The fourth-order valence-corrected chi connectivity index (χ4v) is 3.56. The summed E-state index contributed by atoms with van der Waals surface area (Å²) in [5, 5.41) is 10.6. The molecular formula is C13H24O2. The number of hydrogen-bond donors (Lipinski definition) is 1. The first-order valence-electron chi connectivity index (χ1n) is 6.45. The van der Waals surface area contributed by atoms with E-state index in [0.29, 0.717) is 0 Å². The van der Waals surface area contributed by atoms with Gasteiger partial charge in [-0.3, -0.25) is 0 Å². The first kappa shape index (κ1) is 11.4. The molecule has 0 aromatic carbocycles. The molecule has 0 radical (unpaired) electrons. The van der Waals surface area contributed by atoms with E-state index in [9.17, 15) is 5.11 Å². The van der Waals surface area contributed by atoms with Gasteiger partial charge in [-0.2, -0.15) is 0 Å². The lowest BCUT2D eigenvalue weighted by atomic mass is 9.80. The molecule has 15 heavy (non-hydrogen) atoms. The standard InChI is InChI=1S/C13H24O2/c1-10-7-13(14,8-11(2)15-10)9-12-5-3-4-6-12/h10-12,14H,3-9H2,1-2H3. The van der Waals surface area contributed by atoms with Crippen LogP contribution < -0.4 is 0 Å². The topological polar surface area (TPSA) is 29.5 Å². The van der Waals surface area contributed by atoms with Crippen LogP contribution in [0.4, 0.5) is 0 Å². The summed E-state index contributed by atoms with van der Waals surface area (Å²) in [6, 6.07) is 0. The molecule has 1 aliphatic heterocycles. The van der Waals surface area contributed by atoms with Crippen LogP contribution in [0.1, 0.15) is 58.8 Å². The van der Waals surface area contributed by atoms with Gasteiger partial charge in [0.25, 0.3) is 0 Å². The van der Waals surface area contributed by atoms with Gasteiger partial charge in [0.1, 0.15) is 0 Å². The van der Waals surface area contributed by atoms with E-state index in [2.05, 4.69) is 13.8 Å². The van der Waals surface area contributed by atoms with E-state index in [1.54, 1.807) is 0 Å². The summed E-state index contributed by atoms with van der Waals surface area (Å²) in [4.78, 5) is 0. The summed E-state index contributed by atoms with van der Waals surface area (Å²) >= 11 is 0. The lowest BCUT2D eigenvalue weighted by Crippen LogP contribution is -2.44. The molecule has 0 amide bonds. The number of rotatable bonds is 2. The maximum absolute atomic E-state index is 10.6. The lowest BCUT2D eigenvalue weighted by Gasteiger charge is -2.40. The average molecular weight is 212 g/mol. The number of ether oxygens (including phenoxy) is 1. The highest BCUT2D eigenvalue weighted by Gasteiger charge is 2.38. The van der Waals surface area contributed by atoms with E-state index in [0.717, 1.165) is 25.2 Å². The van der Waals surface area contributed by atoms with Crippen LogP contribution in [0.15, 0.2) is 0 Å². The van der Waals surface area contributed by atoms with E-state index < -0.39 is 5.60 Å². The number of hydrogen-bond acceptors (Lipinski definition) is 2. The predicted molar refractivity (Wildman–Crippen MR) is 60.8 cm³/mol. The minimum atomic E-state index is -0.438. The summed E-state index contributed by atoms with van der Waals surface area (Å²) in [5.74, 6) is 0.771. The molecule has 2 nitrogen and oxygen atoms in total. The fraction of sp³-hybridized carbons (Fsp3) is 1.00. The molecule has 88 valence electrons. The Morgan fingerprint density at radius 2 is 1.67 bits per heavy atom. The van der Waals surface area contributed by atoms with E-state index >= 15 is 0 Å². The second kappa shape index (κ2) is 4.42. The molecule has 2 heteroatoms. The van der Waals surface area contributed by atoms with Gasteiger partial charge in [-0.1, -0.05) is 25.7 Å². The Kier molecular flexibility index (Phi) is 3.36. The average Bonchev–Trinajstić information content (AvgIpc) is 2.52. The van der Waals surface area contributed by atoms with Gasteiger partial charge in [0.05, 0.1) is 17.8 Å². The van der Waals surface area contributed by atoms with Crippen LogP contribution in [0.25, 0.3) is 0 Å². The van der Waals surface area contributed by atoms with Crippen molar-refractivity contribution >= 4 is 0 Å². The number of aliphatic hydroxyl groups is 1. The Morgan fingerprint density at radius 3 is 2.20 bits per heavy atom. The molecule has 2 unspecified atom stereocenters. The van der Waals surface area contributed by atoms with Crippen LogP contribution in [0.2, 0.25) is 0 Å². The maximum Gasteiger partial charge on any atom is 0.0699 e. The third-order valence-corrected chi connectivity index (χ3v) is 3.94. The second-order valence-electron chi connectivity index (χ2n) is 5.74. The Hall–Kier alpha value is -0.0800. The van der Waals surface area contributed by atoms with Gasteiger partial charge in [-0.15, -0.1) is 0 Å². The smallest absolute Gasteiger partial charge is 0.0699 e. The van der Waals surface area contributed by atoms with Gasteiger partial charge in [-0.25, -0.2) is 0 Å². The van der Waals surface area contributed by atoms with Gasteiger partial charge < -0.3 is 9.84 Å². The van der Waals surface area contributed by atoms with Gasteiger partial charge in [-0.05, 0) is 26.2 Å². The molecule has 1 saturated heterocycles. The van der Waals surface area contributed by atoms with E-state index in [4.69, 9.17) is 4.74 Å². The highest BCUT2D eigenvalue weighted by molar-refractivity contribution is 4.90. The maximum atomic E-state index is 10.6. The zero-order valence-corrected chi connectivity index (χ0v) is 10.0. The Morgan fingerprint density at radius 1 is 1.13 bits per heavy atom. The molecule has 1 saturated carbocycles. The molecule has 0 bridgehead atoms. The SMILES string of the molecule is CC1CC(O)(CC2CCCC2)CC(C)O1. The second-order valence-corrected chi connectivity index (χ2v) is 5.74. The zero-order chi connectivity index (χ0) is 10.9. The van der Waals surface area contributed by atoms with Crippen LogP contribution in [0, 0.1) is 5.92 Å². The van der Waals surface area contributed by atoms with Gasteiger partial charge >= 0.3 is 0 Å². The Labute approximate surface area is 93.0 Å². The minimum Gasteiger partial charge on any atom is -0.390 e. The van der Waals surface area contributed by atoms with Crippen LogP contribution in [0.5, 0.6) is 0 Å². The third kappa shape index (κ3) is 2.94. The molecule has 1 N–H and O–H groups in total. The summed E-state index contributed by atoms with van der Waals surface area (Å²) in [6.07, 6.45) is 8.48. The summed E-state index contributed by atoms with van der Waals surface area (Å²) in [7, 11) is 0. The van der Waals surface area contributed by atoms with Crippen molar-refractivity contribution in [3.8, 4) is 0 Å². The molecule has 0 aromatic rings. The van der Waals surface area contributed by atoms with Crippen molar-refractivity contribution in [3.63, 3.8) is 0 Å². The van der Waals surface area contributed by atoms with Gasteiger partial charge in [0.15, 0.2) is 0 Å². The van der Waals surface area contributed by atoms with E-state index in [1.807, 2.05) is 0 Å². The Bertz CT molecular complexity index is 199. The third-order valence-electron chi connectivity index (χ3n) is 3.94. The summed E-state index contributed by atoms with van der Waals surface area (Å²) in [6.45, 7) is 4.16. The first-order chi connectivity index (χ1) is 7.07. The highest BCUT2D eigenvalue weighted by Crippen LogP contribution is 2.38. The molecule has 0 aromatic heterocycles. The van der Waals surface area contributed by atoms with Gasteiger partial charge in [0.2, 0.25) is 0 Å². The van der Waals surface area contributed by atoms with Gasteiger partial charge in [0, 0.05) is 12.8 Å². The predicted octanol–water partition coefficient (Wildman–Crippen LogP) is 2.89. The normalized spacial score (nSPS) is 43.4. The van der Waals surface area contributed by atoms with Crippen molar-refractivity contribution in [2.75, 3.05) is 0 Å². The van der Waals surface area contributed by atoms with Crippen molar-refractivity contribution in [2.24, 2.45) is 5.92 Å².